The van der Waals surface area contributed by atoms with Gasteiger partial charge in [-0.15, -0.1) is 11.3 Å². The van der Waals surface area contributed by atoms with Crippen molar-refractivity contribution in [2.24, 2.45) is 0 Å². The van der Waals surface area contributed by atoms with Crippen molar-refractivity contribution >= 4 is 28.2 Å². The summed E-state index contributed by atoms with van der Waals surface area (Å²) in [5, 5.41) is 4.96. The maximum absolute atomic E-state index is 13.2. The first-order valence-corrected chi connectivity index (χ1v) is 9.30. The first-order chi connectivity index (χ1) is 13.0. The summed E-state index contributed by atoms with van der Waals surface area (Å²) in [4.78, 5) is 25.1. The van der Waals surface area contributed by atoms with Crippen LogP contribution in [0.1, 0.15) is 33.2 Å². The molecule has 0 atom stereocenters. The summed E-state index contributed by atoms with van der Waals surface area (Å²) in [5.74, 6) is -1.20. The molecule has 6 heteroatoms. The van der Waals surface area contributed by atoms with E-state index in [1.807, 2.05) is 13.0 Å². The van der Waals surface area contributed by atoms with Gasteiger partial charge in [0.1, 0.15) is 16.4 Å². The second-order valence-corrected chi connectivity index (χ2v) is 6.78. The molecule has 0 aliphatic carbocycles. The molecule has 0 bridgehead atoms. The quantitative estimate of drug-likeness (QED) is 0.609. The zero-order valence-corrected chi connectivity index (χ0v) is 15.7. The van der Waals surface area contributed by atoms with E-state index in [4.69, 9.17) is 4.74 Å². The van der Waals surface area contributed by atoms with Crippen LogP contribution in [0.5, 0.6) is 0 Å². The number of ether oxygens (including phenoxy) is 1. The van der Waals surface area contributed by atoms with Crippen LogP contribution >= 0.6 is 11.3 Å². The Bertz CT molecular complexity index is 979. The van der Waals surface area contributed by atoms with Crippen LogP contribution in [0.3, 0.4) is 0 Å². The lowest BCUT2D eigenvalue weighted by molar-refractivity contribution is 0.0529. The van der Waals surface area contributed by atoms with E-state index in [-0.39, 0.29) is 23.9 Å². The molecule has 3 aromatic rings. The molecule has 0 saturated carbocycles. The van der Waals surface area contributed by atoms with Crippen LogP contribution in [-0.4, -0.2) is 18.5 Å². The molecule has 0 aliphatic rings. The Morgan fingerprint density at radius 1 is 1.15 bits per heavy atom. The van der Waals surface area contributed by atoms with Crippen LogP contribution in [0.2, 0.25) is 0 Å². The Morgan fingerprint density at radius 3 is 2.56 bits per heavy atom. The Hall–Kier alpha value is -2.99. The molecule has 1 aromatic heterocycles. The van der Waals surface area contributed by atoms with E-state index in [0.29, 0.717) is 21.7 Å². The van der Waals surface area contributed by atoms with Crippen molar-refractivity contribution < 1.29 is 18.7 Å². The summed E-state index contributed by atoms with van der Waals surface area (Å²) < 4.78 is 18.4. The molecular weight excluding hydrogens is 365 g/mol. The van der Waals surface area contributed by atoms with Gasteiger partial charge < -0.3 is 10.1 Å². The normalized spacial score (nSPS) is 10.5. The monoisotopic (exact) mass is 383 g/mol. The summed E-state index contributed by atoms with van der Waals surface area (Å²) >= 11 is 1.23. The lowest BCUT2D eigenvalue weighted by atomic mass is 10.0. The van der Waals surface area contributed by atoms with Crippen molar-refractivity contribution in [3.05, 3.63) is 76.4 Å². The van der Waals surface area contributed by atoms with Crippen molar-refractivity contribution in [1.82, 2.24) is 0 Å². The Morgan fingerprint density at radius 2 is 1.89 bits per heavy atom. The zero-order valence-electron chi connectivity index (χ0n) is 14.9. The van der Waals surface area contributed by atoms with E-state index in [0.717, 1.165) is 5.56 Å². The summed E-state index contributed by atoms with van der Waals surface area (Å²) in [6, 6.07) is 13.0. The first kappa shape index (κ1) is 18.8. The third kappa shape index (κ3) is 4.23. The minimum atomic E-state index is -0.530. The average molecular weight is 383 g/mol. The van der Waals surface area contributed by atoms with Crippen LogP contribution in [0.15, 0.2) is 53.9 Å². The maximum atomic E-state index is 13.2. The number of hydrogen-bond acceptors (Lipinski definition) is 4. The van der Waals surface area contributed by atoms with E-state index in [1.165, 1.54) is 23.5 Å². The molecule has 27 heavy (non-hydrogen) atoms. The minimum absolute atomic E-state index is 0.211. The molecule has 0 spiro atoms. The van der Waals surface area contributed by atoms with Crippen molar-refractivity contribution in [1.29, 1.82) is 0 Å². The van der Waals surface area contributed by atoms with Gasteiger partial charge in [-0.1, -0.05) is 29.8 Å². The number of anilines is 1. The van der Waals surface area contributed by atoms with Crippen LogP contribution in [0, 0.1) is 12.7 Å². The van der Waals surface area contributed by atoms with Gasteiger partial charge in [0, 0.05) is 16.5 Å². The summed E-state index contributed by atoms with van der Waals surface area (Å²) in [7, 11) is 0. The first-order valence-electron chi connectivity index (χ1n) is 8.42. The van der Waals surface area contributed by atoms with Crippen LogP contribution in [0.4, 0.5) is 9.39 Å². The number of amides is 1. The number of aryl methyl sites for hydroxylation is 1. The number of carbonyl (C=O) groups excluding carboxylic acids is 2. The highest BCUT2D eigenvalue weighted by Crippen LogP contribution is 2.36. The van der Waals surface area contributed by atoms with E-state index in [1.54, 1.807) is 42.6 Å². The maximum Gasteiger partial charge on any atom is 0.341 e. The predicted molar refractivity (Wildman–Crippen MR) is 105 cm³/mol. The topological polar surface area (TPSA) is 55.4 Å². The average Bonchev–Trinajstić information content (AvgIpc) is 3.06. The molecule has 0 fully saturated rings. The highest BCUT2D eigenvalue weighted by molar-refractivity contribution is 7.15. The molecule has 2 aromatic carbocycles. The number of nitrogens with one attached hydrogen (secondary N) is 1. The number of rotatable bonds is 5. The Kier molecular flexibility index (Phi) is 5.66. The van der Waals surface area contributed by atoms with E-state index >= 15 is 0 Å². The largest absolute Gasteiger partial charge is 0.462 e. The lowest BCUT2D eigenvalue weighted by Gasteiger charge is -2.09. The second kappa shape index (κ2) is 8.14. The van der Waals surface area contributed by atoms with Crippen molar-refractivity contribution in [3.8, 4) is 11.1 Å². The zero-order chi connectivity index (χ0) is 19.4. The van der Waals surface area contributed by atoms with Gasteiger partial charge >= 0.3 is 5.97 Å². The Labute approximate surface area is 160 Å². The third-order valence-corrected chi connectivity index (χ3v) is 4.83. The number of hydrogen-bond donors (Lipinski definition) is 1. The molecule has 1 heterocycles. The Balaban J connectivity index is 1.98. The van der Waals surface area contributed by atoms with Crippen LogP contribution in [0.25, 0.3) is 11.1 Å². The van der Waals surface area contributed by atoms with Gasteiger partial charge in [-0.05, 0) is 43.7 Å². The lowest BCUT2D eigenvalue weighted by Crippen LogP contribution is -2.15. The summed E-state index contributed by atoms with van der Waals surface area (Å²) in [5.41, 5.74) is 3.01. The summed E-state index contributed by atoms with van der Waals surface area (Å²) in [6.45, 7) is 3.83. The van der Waals surface area contributed by atoms with Crippen molar-refractivity contribution in [3.63, 3.8) is 0 Å². The number of carbonyl (C=O) groups is 2. The van der Waals surface area contributed by atoms with E-state index in [9.17, 15) is 14.0 Å². The molecule has 1 N–H and O–H groups in total. The van der Waals surface area contributed by atoms with Gasteiger partial charge in [-0.3, -0.25) is 4.79 Å². The van der Waals surface area contributed by atoms with Gasteiger partial charge in [-0.2, -0.15) is 0 Å². The predicted octanol–water partition coefficient (Wildman–Crippen LogP) is 5.29. The SMILES string of the molecule is CCOC(=O)c1c(-c2ccc(F)cc2)csc1NC(=O)c1cccc(C)c1. The highest BCUT2D eigenvalue weighted by Gasteiger charge is 2.23. The third-order valence-electron chi connectivity index (χ3n) is 3.93. The molecule has 0 saturated heterocycles. The molecule has 0 unspecified atom stereocenters. The van der Waals surface area contributed by atoms with Gasteiger partial charge in [0.2, 0.25) is 0 Å². The van der Waals surface area contributed by atoms with Crippen molar-refractivity contribution in [2.45, 2.75) is 13.8 Å². The number of halogens is 1. The summed E-state index contributed by atoms with van der Waals surface area (Å²) in [6.07, 6.45) is 0. The molecule has 3 rings (SSSR count). The molecule has 0 radical (unpaired) electrons. The smallest absolute Gasteiger partial charge is 0.341 e. The van der Waals surface area contributed by atoms with Crippen LogP contribution in [-0.2, 0) is 4.74 Å². The number of thiophene rings is 1. The van der Waals surface area contributed by atoms with Crippen molar-refractivity contribution in [2.75, 3.05) is 11.9 Å². The standard InChI is InChI=1S/C21H18FNO3S/c1-3-26-21(25)18-17(14-7-9-16(22)10-8-14)12-27-20(18)23-19(24)15-6-4-5-13(2)11-15/h4-12H,3H2,1-2H3,(H,23,24). The minimum Gasteiger partial charge on any atom is -0.462 e. The highest BCUT2D eigenvalue weighted by atomic mass is 32.1. The number of benzene rings is 2. The second-order valence-electron chi connectivity index (χ2n) is 5.90. The van der Waals surface area contributed by atoms with Gasteiger partial charge in [0.05, 0.1) is 6.61 Å². The fourth-order valence-electron chi connectivity index (χ4n) is 2.66. The van der Waals surface area contributed by atoms with Gasteiger partial charge in [0.15, 0.2) is 0 Å². The fraction of sp³-hybridized carbons (Fsp3) is 0.143. The number of esters is 1. The molecular formula is C21H18FNO3S. The van der Waals surface area contributed by atoms with E-state index < -0.39 is 5.97 Å². The molecule has 1 amide bonds. The molecule has 138 valence electrons. The van der Waals surface area contributed by atoms with E-state index in [2.05, 4.69) is 5.32 Å². The molecule has 0 aliphatic heterocycles. The fourth-order valence-corrected chi connectivity index (χ4v) is 3.61. The molecule has 4 nitrogen and oxygen atoms in total. The van der Waals surface area contributed by atoms with Gasteiger partial charge in [0.25, 0.3) is 5.91 Å². The van der Waals surface area contributed by atoms with Gasteiger partial charge in [-0.25, -0.2) is 9.18 Å². The van der Waals surface area contributed by atoms with Crippen LogP contribution < -0.4 is 5.32 Å².